The van der Waals surface area contributed by atoms with Crippen molar-refractivity contribution in [1.82, 2.24) is 5.32 Å². The van der Waals surface area contributed by atoms with E-state index in [-0.39, 0.29) is 0 Å². The molecule has 1 aromatic carbocycles. The summed E-state index contributed by atoms with van der Waals surface area (Å²) >= 11 is 1.72. The molecule has 2 N–H and O–H groups in total. The van der Waals surface area contributed by atoms with Crippen molar-refractivity contribution in [3.05, 3.63) is 23.8 Å². The van der Waals surface area contributed by atoms with Gasteiger partial charge >= 0.3 is 0 Å². The summed E-state index contributed by atoms with van der Waals surface area (Å²) in [5, 5.41) is 13.3. The Morgan fingerprint density at radius 1 is 1.50 bits per heavy atom. The first-order valence-electron chi connectivity index (χ1n) is 5.87. The molecule has 1 aliphatic heterocycles. The molecule has 1 atom stereocenters. The normalized spacial score (nSPS) is 20.9. The predicted octanol–water partition coefficient (Wildman–Crippen LogP) is 2.66. The van der Waals surface area contributed by atoms with Crippen LogP contribution in [0.4, 0.5) is 0 Å². The van der Waals surface area contributed by atoms with E-state index in [1.807, 2.05) is 6.07 Å². The standard InChI is InChI=1S/C13H19NOS/c1-16-13-6-2-5-12(15)11(13)8-10-4-3-7-14-9-10/h2,5-6,10,14-15H,3-4,7-9H2,1H3. The van der Waals surface area contributed by atoms with Gasteiger partial charge in [0.25, 0.3) is 0 Å². The minimum absolute atomic E-state index is 0.456. The first-order valence-corrected chi connectivity index (χ1v) is 7.09. The average molecular weight is 237 g/mol. The Kier molecular flexibility index (Phi) is 4.13. The van der Waals surface area contributed by atoms with Crippen LogP contribution in [-0.4, -0.2) is 24.5 Å². The lowest BCUT2D eigenvalue weighted by Crippen LogP contribution is -2.30. The zero-order valence-corrected chi connectivity index (χ0v) is 10.5. The van der Waals surface area contributed by atoms with Gasteiger partial charge in [0, 0.05) is 10.5 Å². The highest BCUT2D eigenvalue weighted by Gasteiger charge is 2.17. The van der Waals surface area contributed by atoms with Gasteiger partial charge in [0.15, 0.2) is 0 Å². The molecule has 0 spiro atoms. The van der Waals surface area contributed by atoms with Crippen molar-refractivity contribution in [3.63, 3.8) is 0 Å². The molecule has 0 radical (unpaired) electrons. The minimum atomic E-state index is 0.456. The highest BCUT2D eigenvalue weighted by molar-refractivity contribution is 7.98. The summed E-state index contributed by atoms with van der Waals surface area (Å²) in [5.41, 5.74) is 1.13. The summed E-state index contributed by atoms with van der Waals surface area (Å²) in [6.07, 6.45) is 5.59. The molecule has 0 bridgehead atoms. The van der Waals surface area contributed by atoms with Crippen LogP contribution in [0, 0.1) is 5.92 Å². The molecule has 3 heteroatoms. The monoisotopic (exact) mass is 237 g/mol. The molecule has 1 fully saturated rings. The largest absolute Gasteiger partial charge is 0.508 e. The second kappa shape index (κ2) is 5.60. The number of phenols is 1. The minimum Gasteiger partial charge on any atom is -0.508 e. The summed E-state index contributed by atoms with van der Waals surface area (Å²) in [4.78, 5) is 1.21. The van der Waals surface area contributed by atoms with Crippen molar-refractivity contribution in [2.75, 3.05) is 19.3 Å². The molecular weight excluding hydrogens is 218 g/mol. The molecule has 2 rings (SSSR count). The van der Waals surface area contributed by atoms with Gasteiger partial charge in [-0.25, -0.2) is 0 Å². The number of nitrogens with one attached hydrogen (secondary N) is 1. The molecule has 0 aromatic heterocycles. The Labute approximate surface area is 101 Å². The summed E-state index contributed by atoms with van der Waals surface area (Å²) in [7, 11) is 0. The molecule has 1 saturated heterocycles. The van der Waals surface area contributed by atoms with E-state index in [4.69, 9.17) is 0 Å². The third-order valence-corrected chi connectivity index (χ3v) is 4.04. The van der Waals surface area contributed by atoms with Crippen molar-refractivity contribution < 1.29 is 5.11 Å². The molecule has 0 amide bonds. The van der Waals surface area contributed by atoms with Crippen LogP contribution in [0.3, 0.4) is 0 Å². The lowest BCUT2D eigenvalue weighted by Gasteiger charge is -2.23. The lowest BCUT2D eigenvalue weighted by atomic mass is 9.92. The molecule has 0 aliphatic carbocycles. The van der Waals surface area contributed by atoms with Gasteiger partial charge in [-0.2, -0.15) is 0 Å². The van der Waals surface area contributed by atoms with E-state index >= 15 is 0 Å². The van der Waals surface area contributed by atoms with Crippen LogP contribution >= 0.6 is 11.8 Å². The van der Waals surface area contributed by atoms with Gasteiger partial charge < -0.3 is 10.4 Å². The summed E-state index contributed by atoms with van der Waals surface area (Å²) in [6, 6.07) is 5.81. The topological polar surface area (TPSA) is 32.3 Å². The number of rotatable bonds is 3. The zero-order valence-electron chi connectivity index (χ0n) is 9.70. The van der Waals surface area contributed by atoms with E-state index < -0.39 is 0 Å². The van der Waals surface area contributed by atoms with E-state index in [0.29, 0.717) is 11.7 Å². The summed E-state index contributed by atoms with van der Waals surface area (Å²) in [5.74, 6) is 1.13. The number of piperidine rings is 1. The number of benzene rings is 1. The number of hydrogen-bond acceptors (Lipinski definition) is 3. The first kappa shape index (κ1) is 11.8. The van der Waals surface area contributed by atoms with Crippen LogP contribution in [0.15, 0.2) is 23.1 Å². The van der Waals surface area contributed by atoms with Gasteiger partial charge in [0.1, 0.15) is 5.75 Å². The van der Waals surface area contributed by atoms with Crippen molar-refractivity contribution >= 4 is 11.8 Å². The van der Waals surface area contributed by atoms with Gasteiger partial charge in [-0.1, -0.05) is 6.07 Å². The third kappa shape index (κ3) is 2.71. The van der Waals surface area contributed by atoms with Crippen LogP contribution < -0.4 is 5.32 Å². The Hall–Kier alpha value is -0.670. The fourth-order valence-electron chi connectivity index (χ4n) is 2.34. The van der Waals surface area contributed by atoms with Crippen LogP contribution in [-0.2, 0) is 6.42 Å². The molecule has 2 nitrogen and oxygen atoms in total. The molecule has 1 aliphatic rings. The SMILES string of the molecule is CSc1cccc(O)c1CC1CCCNC1. The molecule has 0 saturated carbocycles. The van der Waals surface area contributed by atoms with Crippen LogP contribution in [0.2, 0.25) is 0 Å². The van der Waals surface area contributed by atoms with Gasteiger partial charge in [0.05, 0.1) is 0 Å². The number of phenolic OH excluding ortho intramolecular Hbond substituents is 1. The lowest BCUT2D eigenvalue weighted by molar-refractivity contribution is 0.368. The summed E-state index contributed by atoms with van der Waals surface area (Å²) in [6.45, 7) is 2.23. The van der Waals surface area contributed by atoms with Crippen LogP contribution in [0.5, 0.6) is 5.75 Å². The Balaban J connectivity index is 2.12. The van der Waals surface area contributed by atoms with Gasteiger partial charge in [0.2, 0.25) is 0 Å². The molecule has 1 unspecified atom stereocenters. The quantitative estimate of drug-likeness (QED) is 0.793. The molecule has 16 heavy (non-hydrogen) atoms. The van der Waals surface area contributed by atoms with Crippen molar-refractivity contribution in [3.8, 4) is 5.75 Å². The van der Waals surface area contributed by atoms with E-state index in [9.17, 15) is 5.11 Å². The number of thioether (sulfide) groups is 1. The fourth-order valence-corrected chi connectivity index (χ4v) is 2.99. The molecule has 88 valence electrons. The van der Waals surface area contributed by atoms with E-state index in [1.165, 1.54) is 17.7 Å². The van der Waals surface area contributed by atoms with Gasteiger partial charge in [-0.15, -0.1) is 11.8 Å². The van der Waals surface area contributed by atoms with Crippen molar-refractivity contribution in [1.29, 1.82) is 0 Å². The van der Waals surface area contributed by atoms with E-state index in [0.717, 1.165) is 25.1 Å². The van der Waals surface area contributed by atoms with Gasteiger partial charge in [-0.3, -0.25) is 0 Å². The molecule has 1 heterocycles. The van der Waals surface area contributed by atoms with Crippen molar-refractivity contribution in [2.24, 2.45) is 5.92 Å². The first-order chi connectivity index (χ1) is 7.81. The fraction of sp³-hybridized carbons (Fsp3) is 0.538. The van der Waals surface area contributed by atoms with Crippen LogP contribution in [0.25, 0.3) is 0 Å². The highest BCUT2D eigenvalue weighted by atomic mass is 32.2. The zero-order chi connectivity index (χ0) is 11.4. The van der Waals surface area contributed by atoms with E-state index in [1.54, 1.807) is 17.8 Å². The van der Waals surface area contributed by atoms with Crippen molar-refractivity contribution in [2.45, 2.75) is 24.2 Å². The highest BCUT2D eigenvalue weighted by Crippen LogP contribution is 2.31. The van der Waals surface area contributed by atoms with Crippen LogP contribution in [0.1, 0.15) is 18.4 Å². The molecule has 1 aromatic rings. The van der Waals surface area contributed by atoms with Gasteiger partial charge in [-0.05, 0) is 56.7 Å². The number of hydrogen-bond donors (Lipinski definition) is 2. The Bertz CT molecular complexity index is 348. The number of aromatic hydroxyl groups is 1. The maximum Gasteiger partial charge on any atom is 0.119 e. The Morgan fingerprint density at radius 3 is 3.06 bits per heavy atom. The summed E-state index contributed by atoms with van der Waals surface area (Å²) < 4.78 is 0. The predicted molar refractivity (Wildman–Crippen MR) is 69.2 cm³/mol. The maximum atomic E-state index is 9.92. The maximum absolute atomic E-state index is 9.92. The second-order valence-corrected chi connectivity index (χ2v) is 5.22. The smallest absolute Gasteiger partial charge is 0.119 e. The average Bonchev–Trinajstić information content (AvgIpc) is 2.33. The molecular formula is C13H19NOS. The third-order valence-electron chi connectivity index (χ3n) is 3.22. The Morgan fingerprint density at radius 2 is 2.38 bits per heavy atom. The van der Waals surface area contributed by atoms with E-state index in [2.05, 4.69) is 17.6 Å². The second-order valence-electron chi connectivity index (χ2n) is 4.37.